The smallest absolute Gasteiger partial charge is 0.254 e. The maximum Gasteiger partial charge on any atom is 0.254 e. The molecular formula is C26H30FN3O4S. The fourth-order valence-corrected chi connectivity index (χ4v) is 5.58. The predicted octanol–water partition coefficient (Wildman–Crippen LogP) is 4.00. The van der Waals surface area contributed by atoms with Gasteiger partial charge < -0.3 is 14.2 Å². The zero-order valence-electron chi connectivity index (χ0n) is 20.0. The molecule has 0 N–H and O–H groups in total. The maximum atomic E-state index is 13.5. The SMILES string of the molecule is COCCn1c(CN(CC2CC2)C(=O)c2ccccc2C)cnc1S(=O)(=O)Cc1ccc(F)cc1. The summed E-state index contributed by atoms with van der Waals surface area (Å²) in [5, 5.41) is -0.0800. The molecule has 1 amide bonds. The number of rotatable bonds is 11. The number of nitrogens with zero attached hydrogens (tertiary/aromatic N) is 3. The van der Waals surface area contributed by atoms with Crippen molar-refractivity contribution in [2.45, 2.75) is 43.8 Å². The highest BCUT2D eigenvalue weighted by atomic mass is 32.2. The molecular weight excluding hydrogens is 469 g/mol. The molecule has 2 aromatic carbocycles. The van der Waals surface area contributed by atoms with E-state index < -0.39 is 15.7 Å². The van der Waals surface area contributed by atoms with E-state index in [1.807, 2.05) is 31.2 Å². The number of hydrogen-bond donors (Lipinski definition) is 0. The van der Waals surface area contributed by atoms with Crippen molar-refractivity contribution in [1.82, 2.24) is 14.5 Å². The highest BCUT2D eigenvalue weighted by Crippen LogP contribution is 2.31. The fourth-order valence-electron chi connectivity index (χ4n) is 4.06. The Balaban J connectivity index is 1.64. The van der Waals surface area contributed by atoms with Crippen molar-refractivity contribution in [1.29, 1.82) is 0 Å². The molecule has 0 spiro atoms. The van der Waals surface area contributed by atoms with Crippen LogP contribution in [0.5, 0.6) is 0 Å². The minimum absolute atomic E-state index is 0.0785. The number of sulfone groups is 1. The lowest BCUT2D eigenvalue weighted by Gasteiger charge is -2.24. The molecule has 1 aromatic heterocycles. The van der Waals surface area contributed by atoms with Gasteiger partial charge in [-0.2, -0.15) is 0 Å². The van der Waals surface area contributed by atoms with Crippen molar-refractivity contribution in [3.05, 3.63) is 82.9 Å². The second-order valence-corrected chi connectivity index (χ2v) is 10.9. The van der Waals surface area contributed by atoms with E-state index in [1.165, 1.54) is 30.5 Å². The Kier molecular flexibility index (Phi) is 7.66. The second kappa shape index (κ2) is 10.7. The van der Waals surface area contributed by atoms with Crippen LogP contribution in [0.4, 0.5) is 4.39 Å². The van der Waals surface area contributed by atoms with Gasteiger partial charge in [0, 0.05) is 25.8 Å². The molecule has 1 aliphatic rings. The van der Waals surface area contributed by atoms with Crippen LogP contribution in [0.25, 0.3) is 0 Å². The number of methoxy groups -OCH3 is 1. The minimum atomic E-state index is -3.82. The van der Waals surface area contributed by atoms with Gasteiger partial charge in [-0.1, -0.05) is 30.3 Å². The maximum absolute atomic E-state index is 13.5. The molecule has 0 aliphatic heterocycles. The van der Waals surface area contributed by atoms with E-state index in [-0.39, 0.29) is 36.5 Å². The van der Waals surface area contributed by atoms with E-state index in [0.717, 1.165) is 18.4 Å². The van der Waals surface area contributed by atoms with Crippen LogP contribution < -0.4 is 0 Å². The van der Waals surface area contributed by atoms with E-state index in [4.69, 9.17) is 4.74 Å². The summed E-state index contributed by atoms with van der Waals surface area (Å²) in [5.74, 6) is -0.348. The van der Waals surface area contributed by atoms with Crippen LogP contribution in [-0.4, -0.2) is 49.0 Å². The first-order valence-corrected chi connectivity index (χ1v) is 13.3. The predicted molar refractivity (Wildman–Crippen MR) is 130 cm³/mol. The Labute approximate surface area is 205 Å². The summed E-state index contributed by atoms with van der Waals surface area (Å²) < 4.78 is 46.6. The van der Waals surface area contributed by atoms with E-state index in [0.29, 0.717) is 29.3 Å². The average Bonchev–Trinajstić information content (AvgIpc) is 3.56. The van der Waals surface area contributed by atoms with Gasteiger partial charge in [0.2, 0.25) is 15.0 Å². The zero-order chi connectivity index (χ0) is 25.0. The molecule has 0 bridgehead atoms. The average molecular weight is 500 g/mol. The molecule has 1 aliphatic carbocycles. The number of aromatic nitrogens is 2. The number of imidazole rings is 1. The number of halogens is 1. The molecule has 1 saturated carbocycles. The minimum Gasteiger partial charge on any atom is -0.383 e. The van der Waals surface area contributed by atoms with Gasteiger partial charge >= 0.3 is 0 Å². The quantitative estimate of drug-likeness (QED) is 0.398. The van der Waals surface area contributed by atoms with Crippen LogP contribution in [-0.2, 0) is 33.4 Å². The molecule has 0 atom stereocenters. The van der Waals surface area contributed by atoms with Crippen molar-refractivity contribution in [2.75, 3.05) is 20.3 Å². The number of amides is 1. The summed E-state index contributed by atoms with van der Waals surface area (Å²) in [6.07, 6.45) is 3.69. The molecule has 0 unspecified atom stereocenters. The van der Waals surface area contributed by atoms with E-state index in [1.54, 1.807) is 16.6 Å². The van der Waals surface area contributed by atoms with Gasteiger partial charge in [-0.15, -0.1) is 0 Å². The third kappa shape index (κ3) is 6.15. The number of benzene rings is 2. The molecule has 0 saturated heterocycles. The first-order valence-electron chi connectivity index (χ1n) is 11.6. The number of aryl methyl sites for hydroxylation is 1. The number of hydrogen-bond acceptors (Lipinski definition) is 5. The molecule has 0 radical (unpaired) electrons. The summed E-state index contributed by atoms with van der Waals surface area (Å²) in [4.78, 5) is 19.5. The first-order chi connectivity index (χ1) is 16.8. The molecule has 9 heteroatoms. The van der Waals surface area contributed by atoms with Gasteiger partial charge in [0.15, 0.2) is 0 Å². The Morgan fingerprint density at radius 3 is 2.54 bits per heavy atom. The summed E-state index contributed by atoms with van der Waals surface area (Å²) >= 11 is 0. The van der Waals surface area contributed by atoms with Crippen molar-refractivity contribution in [3.63, 3.8) is 0 Å². The van der Waals surface area contributed by atoms with Crippen molar-refractivity contribution in [3.8, 4) is 0 Å². The molecule has 1 fully saturated rings. The summed E-state index contributed by atoms with van der Waals surface area (Å²) in [5.41, 5.74) is 2.63. The third-order valence-electron chi connectivity index (χ3n) is 6.16. The van der Waals surface area contributed by atoms with E-state index in [9.17, 15) is 17.6 Å². The highest BCUT2D eigenvalue weighted by Gasteiger charge is 2.30. The molecule has 186 valence electrons. The molecule has 1 heterocycles. The number of carbonyl (C=O) groups is 1. The van der Waals surface area contributed by atoms with Crippen LogP contribution >= 0.6 is 0 Å². The zero-order valence-corrected chi connectivity index (χ0v) is 20.8. The largest absolute Gasteiger partial charge is 0.383 e. The monoisotopic (exact) mass is 499 g/mol. The molecule has 7 nitrogen and oxygen atoms in total. The van der Waals surface area contributed by atoms with Crippen LogP contribution in [0.3, 0.4) is 0 Å². The third-order valence-corrected chi connectivity index (χ3v) is 7.76. The van der Waals surface area contributed by atoms with E-state index >= 15 is 0 Å². The van der Waals surface area contributed by atoms with Crippen LogP contribution in [0.2, 0.25) is 0 Å². The Bertz CT molecular complexity index is 1280. The van der Waals surface area contributed by atoms with Gasteiger partial charge in [-0.05, 0) is 55.0 Å². The number of carbonyl (C=O) groups excluding carboxylic acids is 1. The Morgan fingerprint density at radius 1 is 1.17 bits per heavy atom. The Morgan fingerprint density at radius 2 is 1.89 bits per heavy atom. The second-order valence-electron chi connectivity index (χ2n) is 9.01. The summed E-state index contributed by atoms with van der Waals surface area (Å²) in [7, 11) is -2.28. The molecule has 35 heavy (non-hydrogen) atoms. The van der Waals surface area contributed by atoms with Gasteiger partial charge in [-0.25, -0.2) is 17.8 Å². The standard InChI is InChI=1S/C26H30FN3O4S/c1-19-5-3-4-6-24(19)25(31)29(16-20-7-8-20)17-23-15-28-26(30(23)13-14-34-2)35(32,33)18-21-9-11-22(27)12-10-21/h3-6,9-12,15,20H,7-8,13-14,16-18H2,1-2H3. The summed E-state index contributed by atoms with van der Waals surface area (Å²) in [6.45, 7) is 3.33. The fraction of sp³-hybridized carbons (Fsp3) is 0.385. The van der Waals surface area contributed by atoms with Gasteiger partial charge in [-0.3, -0.25) is 4.79 Å². The summed E-state index contributed by atoms with van der Waals surface area (Å²) in [6, 6.07) is 12.8. The highest BCUT2D eigenvalue weighted by molar-refractivity contribution is 7.90. The lowest BCUT2D eigenvalue weighted by atomic mass is 10.1. The lowest BCUT2D eigenvalue weighted by molar-refractivity contribution is 0.0729. The van der Waals surface area contributed by atoms with Crippen LogP contribution in [0, 0.1) is 18.7 Å². The van der Waals surface area contributed by atoms with Crippen molar-refractivity contribution in [2.24, 2.45) is 5.92 Å². The van der Waals surface area contributed by atoms with E-state index in [2.05, 4.69) is 4.98 Å². The van der Waals surface area contributed by atoms with Crippen molar-refractivity contribution >= 4 is 15.7 Å². The lowest BCUT2D eigenvalue weighted by Crippen LogP contribution is -2.34. The van der Waals surface area contributed by atoms with Gasteiger partial charge in [0.05, 0.1) is 30.8 Å². The van der Waals surface area contributed by atoms with Crippen LogP contribution in [0.1, 0.15) is 40.0 Å². The molecule has 3 aromatic rings. The topological polar surface area (TPSA) is 81.5 Å². The van der Waals surface area contributed by atoms with Crippen molar-refractivity contribution < 1.29 is 22.3 Å². The normalized spacial score (nSPS) is 13.7. The first kappa shape index (κ1) is 25.1. The van der Waals surface area contributed by atoms with Crippen LogP contribution in [0.15, 0.2) is 59.9 Å². The molecule has 4 rings (SSSR count). The number of ether oxygens (including phenoxy) is 1. The Hall–Kier alpha value is -3.04. The van der Waals surface area contributed by atoms with Gasteiger partial charge in [0.1, 0.15) is 5.82 Å². The van der Waals surface area contributed by atoms with Gasteiger partial charge in [0.25, 0.3) is 5.91 Å².